The molecule has 2 aromatic carbocycles. The van der Waals surface area contributed by atoms with Crippen LogP contribution < -0.4 is 10.1 Å². The van der Waals surface area contributed by atoms with Crippen LogP contribution in [0.1, 0.15) is 55.4 Å². The number of ether oxygens (including phenoxy) is 1. The van der Waals surface area contributed by atoms with Crippen LogP contribution in [-0.4, -0.2) is 35.9 Å². The Bertz CT molecular complexity index is 861. The molecule has 0 spiro atoms. The predicted molar refractivity (Wildman–Crippen MR) is 125 cm³/mol. The largest absolute Gasteiger partial charge is 0.483 e. The summed E-state index contributed by atoms with van der Waals surface area (Å²) in [6, 6.07) is 13.4. The van der Waals surface area contributed by atoms with Crippen molar-refractivity contribution in [3.05, 3.63) is 64.7 Å². The summed E-state index contributed by atoms with van der Waals surface area (Å²) < 4.78 is 5.84. The molecule has 0 saturated carbocycles. The van der Waals surface area contributed by atoms with Crippen molar-refractivity contribution in [3.63, 3.8) is 0 Å². The van der Waals surface area contributed by atoms with Crippen LogP contribution >= 0.6 is 0 Å². The number of hydrogen-bond donors (Lipinski definition) is 1. The van der Waals surface area contributed by atoms with Gasteiger partial charge >= 0.3 is 0 Å². The van der Waals surface area contributed by atoms with Crippen molar-refractivity contribution in [1.29, 1.82) is 0 Å². The van der Waals surface area contributed by atoms with E-state index >= 15 is 0 Å². The number of aryl methyl sites for hydroxylation is 3. The highest BCUT2D eigenvalue weighted by Gasteiger charge is 2.28. The lowest BCUT2D eigenvalue weighted by molar-refractivity contribution is -0.143. The van der Waals surface area contributed by atoms with Gasteiger partial charge in [-0.15, -0.1) is 0 Å². The molecule has 0 aliphatic carbocycles. The summed E-state index contributed by atoms with van der Waals surface area (Å²) >= 11 is 0. The molecule has 2 rings (SSSR count). The van der Waals surface area contributed by atoms with Gasteiger partial charge in [0.2, 0.25) is 5.91 Å². The molecule has 31 heavy (non-hydrogen) atoms. The fraction of sp³-hybridized carbons (Fsp3) is 0.462. The van der Waals surface area contributed by atoms with Crippen LogP contribution in [0.5, 0.6) is 5.75 Å². The molecular weight excluding hydrogens is 388 g/mol. The summed E-state index contributed by atoms with van der Waals surface area (Å²) in [5, 5.41) is 2.98. The Hall–Kier alpha value is -2.82. The van der Waals surface area contributed by atoms with Gasteiger partial charge in [0, 0.05) is 13.1 Å². The summed E-state index contributed by atoms with van der Waals surface area (Å²) in [7, 11) is 0. The standard InChI is InChI=1S/C26H36N2O3/c1-6-8-15-27-26(30)23(7-2)28(17-22-12-9-19(3)10-13-22)25(29)18-31-24-14-11-20(4)16-21(24)5/h9-14,16,23H,6-8,15,17-18H2,1-5H3,(H,27,30)/t23-/m1/s1. The molecular formula is C26H36N2O3. The molecule has 168 valence electrons. The highest BCUT2D eigenvalue weighted by Crippen LogP contribution is 2.20. The zero-order chi connectivity index (χ0) is 22.8. The van der Waals surface area contributed by atoms with Gasteiger partial charge in [-0.2, -0.15) is 0 Å². The molecule has 0 saturated heterocycles. The van der Waals surface area contributed by atoms with Crippen LogP contribution in [0.15, 0.2) is 42.5 Å². The molecule has 0 aliphatic heterocycles. The Morgan fingerprint density at radius 3 is 2.29 bits per heavy atom. The fourth-order valence-electron chi connectivity index (χ4n) is 3.50. The van der Waals surface area contributed by atoms with Crippen molar-refractivity contribution >= 4 is 11.8 Å². The Labute approximate surface area is 186 Å². The van der Waals surface area contributed by atoms with Gasteiger partial charge in [-0.05, 0) is 50.8 Å². The molecule has 0 heterocycles. The number of carbonyl (C=O) groups excluding carboxylic acids is 2. The Morgan fingerprint density at radius 2 is 1.68 bits per heavy atom. The summed E-state index contributed by atoms with van der Waals surface area (Å²) in [5.74, 6) is 0.385. The zero-order valence-corrected chi connectivity index (χ0v) is 19.5. The molecule has 0 unspecified atom stereocenters. The summed E-state index contributed by atoms with van der Waals surface area (Å²) in [6.07, 6.45) is 2.47. The van der Waals surface area contributed by atoms with Crippen LogP contribution in [0.4, 0.5) is 0 Å². The first kappa shape index (κ1) is 24.4. The molecule has 0 bridgehead atoms. The molecule has 2 amide bonds. The first-order chi connectivity index (χ1) is 14.8. The zero-order valence-electron chi connectivity index (χ0n) is 19.5. The van der Waals surface area contributed by atoms with Crippen LogP contribution in [0.25, 0.3) is 0 Å². The summed E-state index contributed by atoms with van der Waals surface area (Å²) in [4.78, 5) is 27.7. The van der Waals surface area contributed by atoms with Crippen LogP contribution in [0.2, 0.25) is 0 Å². The second kappa shape index (κ2) is 12.1. The van der Waals surface area contributed by atoms with E-state index in [1.165, 1.54) is 0 Å². The van der Waals surface area contributed by atoms with Gasteiger partial charge in [-0.3, -0.25) is 9.59 Å². The van der Waals surface area contributed by atoms with Crippen molar-refractivity contribution < 1.29 is 14.3 Å². The molecule has 1 atom stereocenters. The molecule has 5 nitrogen and oxygen atoms in total. The number of benzene rings is 2. The number of hydrogen-bond acceptors (Lipinski definition) is 3. The van der Waals surface area contributed by atoms with E-state index in [2.05, 4.69) is 12.2 Å². The van der Waals surface area contributed by atoms with E-state index in [9.17, 15) is 9.59 Å². The average Bonchev–Trinajstić information content (AvgIpc) is 2.74. The first-order valence-electron chi connectivity index (χ1n) is 11.2. The number of nitrogens with zero attached hydrogens (tertiary/aromatic N) is 1. The van der Waals surface area contributed by atoms with Gasteiger partial charge < -0.3 is 15.0 Å². The molecule has 0 aromatic heterocycles. The molecule has 1 N–H and O–H groups in total. The number of rotatable bonds is 11. The smallest absolute Gasteiger partial charge is 0.261 e. The van der Waals surface area contributed by atoms with Crippen molar-refractivity contribution in [3.8, 4) is 5.75 Å². The highest BCUT2D eigenvalue weighted by atomic mass is 16.5. The Balaban J connectivity index is 2.18. The monoisotopic (exact) mass is 424 g/mol. The van der Waals surface area contributed by atoms with Gasteiger partial charge in [-0.1, -0.05) is 67.8 Å². The topological polar surface area (TPSA) is 58.6 Å². The summed E-state index contributed by atoms with van der Waals surface area (Å²) in [5.41, 5.74) is 4.28. The maximum Gasteiger partial charge on any atom is 0.261 e. The maximum atomic E-state index is 13.2. The minimum atomic E-state index is -0.534. The van der Waals surface area contributed by atoms with E-state index in [-0.39, 0.29) is 18.4 Å². The molecule has 0 radical (unpaired) electrons. The lowest BCUT2D eigenvalue weighted by Gasteiger charge is -2.30. The van der Waals surface area contributed by atoms with Crippen molar-refractivity contribution in [2.45, 2.75) is 66.5 Å². The van der Waals surface area contributed by atoms with E-state index in [4.69, 9.17) is 4.74 Å². The normalized spacial score (nSPS) is 11.6. The number of amides is 2. The third-order valence-corrected chi connectivity index (χ3v) is 5.37. The van der Waals surface area contributed by atoms with Crippen LogP contribution in [0.3, 0.4) is 0 Å². The second-order valence-corrected chi connectivity index (χ2v) is 8.13. The number of nitrogens with one attached hydrogen (secondary N) is 1. The second-order valence-electron chi connectivity index (χ2n) is 8.13. The van der Waals surface area contributed by atoms with Crippen molar-refractivity contribution in [1.82, 2.24) is 10.2 Å². The lowest BCUT2D eigenvalue weighted by Crippen LogP contribution is -2.50. The minimum absolute atomic E-state index is 0.103. The van der Waals surface area contributed by atoms with Crippen LogP contribution in [-0.2, 0) is 16.1 Å². The highest BCUT2D eigenvalue weighted by molar-refractivity contribution is 5.88. The van der Waals surface area contributed by atoms with Crippen molar-refractivity contribution in [2.24, 2.45) is 0 Å². The SMILES string of the molecule is CCCCNC(=O)[C@@H](CC)N(Cc1ccc(C)cc1)C(=O)COc1ccc(C)cc1C. The van der Waals surface area contributed by atoms with Gasteiger partial charge in [0.15, 0.2) is 6.61 Å². The third-order valence-electron chi connectivity index (χ3n) is 5.37. The molecule has 0 aliphatic rings. The average molecular weight is 425 g/mol. The molecule has 5 heteroatoms. The minimum Gasteiger partial charge on any atom is -0.483 e. The fourth-order valence-corrected chi connectivity index (χ4v) is 3.50. The predicted octanol–water partition coefficient (Wildman–Crippen LogP) is 4.71. The maximum absolute atomic E-state index is 13.2. The molecule has 0 fully saturated rings. The van der Waals surface area contributed by atoms with E-state index in [1.54, 1.807) is 4.90 Å². The quantitative estimate of drug-likeness (QED) is 0.531. The number of carbonyl (C=O) groups is 2. The third kappa shape index (κ3) is 7.42. The number of unbranched alkanes of at least 4 members (excludes halogenated alkanes) is 1. The van der Waals surface area contributed by atoms with Gasteiger partial charge in [-0.25, -0.2) is 0 Å². The summed E-state index contributed by atoms with van der Waals surface area (Å²) in [6.45, 7) is 10.9. The Morgan fingerprint density at radius 1 is 1.00 bits per heavy atom. The van der Waals surface area contributed by atoms with Gasteiger partial charge in [0.05, 0.1) is 0 Å². The van der Waals surface area contributed by atoms with E-state index < -0.39 is 6.04 Å². The Kier molecular flexibility index (Phi) is 9.57. The van der Waals surface area contributed by atoms with Gasteiger partial charge in [0.25, 0.3) is 5.91 Å². The van der Waals surface area contributed by atoms with Crippen molar-refractivity contribution in [2.75, 3.05) is 13.2 Å². The molecule has 2 aromatic rings. The van der Waals surface area contributed by atoms with Crippen LogP contribution in [0, 0.1) is 20.8 Å². The van der Waals surface area contributed by atoms with Gasteiger partial charge in [0.1, 0.15) is 11.8 Å². The first-order valence-corrected chi connectivity index (χ1v) is 11.2. The van der Waals surface area contributed by atoms with E-state index in [0.717, 1.165) is 35.1 Å². The van der Waals surface area contributed by atoms with E-state index in [1.807, 2.05) is 70.2 Å². The van der Waals surface area contributed by atoms with E-state index in [0.29, 0.717) is 25.3 Å². The lowest BCUT2D eigenvalue weighted by atomic mass is 10.1.